The van der Waals surface area contributed by atoms with E-state index in [1.165, 1.54) is 0 Å². The molecule has 92 valence electrons. The molecule has 1 atom stereocenters. The quantitative estimate of drug-likeness (QED) is 0.571. The highest BCUT2D eigenvalue weighted by molar-refractivity contribution is 4.96. The van der Waals surface area contributed by atoms with E-state index < -0.39 is 0 Å². The highest BCUT2D eigenvalue weighted by atomic mass is 16.5. The van der Waals surface area contributed by atoms with Crippen molar-refractivity contribution in [2.45, 2.75) is 64.5 Å². The highest BCUT2D eigenvalue weighted by Gasteiger charge is 2.33. The van der Waals surface area contributed by atoms with Gasteiger partial charge in [0, 0.05) is 25.6 Å². The van der Waals surface area contributed by atoms with Crippen molar-refractivity contribution in [3.8, 4) is 11.8 Å². The molecule has 0 amide bonds. The lowest BCUT2D eigenvalue weighted by molar-refractivity contribution is -0.0928. The van der Waals surface area contributed by atoms with E-state index in [0.717, 1.165) is 45.3 Å². The van der Waals surface area contributed by atoms with E-state index in [9.17, 15) is 0 Å². The Morgan fingerprint density at radius 2 is 2.12 bits per heavy atom. The van der Waals surface area contributed by atoms with Gasteiger partial charge in [0.25, 0.3) is 0 Å². The molecular weight excluding hydrogens is 198 g/mol. The molecule has 0 spiro atoms. The van der Waals surface area contributed by atoms with Crippen molar-refractivity contribution < 1.29 is 4.74 Å². The van der Waals surface area contributed by atoms with Crippen molar-refractivity contribution in [2.24, 2.45) is 0 Å². The number of hydrogen-bond acceptors (Lipinski definition) is 2. The van der Waals surface area contributed by atoms with Crippen LogP contribution in [0, 0.1) is 11.8 Å². The summed E-state index contributed by atoms with van der Waals surface area (Å²) in [5.74, 6) is 6.02. The monoisotopic (exact) mass is 223 g/mol. The van der Waals surface area contributed by atoms with Crippen LogP contribution in [0.1, 0.15) is 52.9 Å². The number of rotatable bonds is 5. The van der Waals surface area contributed by atoms with Crippen LogP contribution in [-0.4, -0.2) is 24.8 Å². The first kappa shape index (κ1) is 13.5. The fourth-order valence-electron chi connectivity index (χ4n) is 2.41. The zero-order valence-corrected chi connectivity index (χ0v) is 10.9. The molecule has 16 heavy (non-hydrogen) atoms. The molecule has 1 N–H and O–H groups in total. The minimum Gasteiger partial charge on any atom is -0.375 e. The van der Waals surface area contributed by atoms with Crippen LogP contribution in [0.3, 0.4) is 0 Å². The number of hydrogen-bond donors (Lipinski definition) is 1. The minimum atomic E-state index is 0.131. The standard InChI is InChI=1S/C14H25NO/c1-4-7-8-10-15-13-9-11-16-14(5-2,6-3)12-13/h13,15H,5-6,8-12H2,1-3H3. The van der Waals surface area contributed by atoms with Gasteiger partial charge < -0.3 is 10.1 Å². The summed E-state index contributed by atoms with van der Waals surface area (Å²) in [7, 11) is 0. The van der Waals surface area contributed by atoms with Gasteiger partial charge in [-0.2, -0.15) is 0 Å². The fraction of sp³-hybridized carbons (Fsp3) is 0.857. The Kier molecular flexibility index (Phi) is 5.87. The summed E-state index contributed by atoms with van der Waals surface area (Å²) in [6.45, 7) is 8.27. The van der Waals surface area contributed by atoms with Gasteiger partial charge in [-0.1, -0.05) is 13.8 Å². The van der Waals surface area contributed by atoms with E-state index in [-0.39, 0.29) is 5.60 Å². The Morgan fingerprint density at radius 3 is 2.75 bits per heavy atom. The molecule has 1 heterocycles. The predicted octanol–water partition coefficient (Wildman–Crippen LogP) is 2.73. The molecule has 0 aliphatic carbocycles. The van der Waals surface area contributed by atoms with Crippen molar-refractivity contribution in [3.05, 3.63) is 0 Å². The molecule has 1 aliphatic rings. The van der Waals surface area contributed by atoms with Crippen molar-refractivity contribution in [3.63, 3.8) is 0 Å². The van der Waals surface area contributed by atoms with Crippen molar-refractivity contribution in [2.75, 3.05) is 13.2 Å². The van der Waals surface area contributed by atoms with E-state index in [1.807, 2.05) is 6.92 Å². The molecule has 0 radical (unpaired) electrons. The lowest BCUT2D eigenvalue weighted by Gasteiger charge is -2.40. The summed E-state index contributed by atoms with van der Waals surface area (Å²) in [5.41, 5.74) is 0.131. The van der Waals surface area contributed by atoms with Crippen LogP contribution >= 0.6 is 0 Å². The molecule has 2 heteroatoms. The highest BCUT2D eigenvalue weighted by Crippen LogP contribution is 2.31. The molecule has 0 aromatic rings. The second-order valence-corrected chi connectivity index (χ2v) is 4.56. The van der Waals surface area contributed by atoms with Gasteiger partial charge in [0.2, 0.25) is 0 Å². The van der Waals surface area contributed by atoms with Gasteiger partial charge in [-0.25, -0.2) is 0 Å². The maximum atomic E-state index is 5.95. The molecule has 2 nitrogen and oxygen atoms in total. The first-order valence-corrected chi connectivity index (χ1v) is 6.53. The summed E-state index contributed by atoms with van der Waals surface area (Å²) >= 11 is 0. The Hall–Kier alpha value is -0.520. The van der Waals surface area contributed by atoms with E-state index in [1.54, 1.807) is 0 Å². The Labute approximate surface area is 100 Å². The molecule has 1 unspecified atom stereocenters. The summed E-state index contributed by atoms with van der Waals surface area (Å²) in [6, 6.07) is 0.618. The average molecular weight is 223 g/mol. The van der Waals surface area contributed by atoms with Crippen molar-refractivity contribution in [1.82, 2.24) is 5.32 Å². The number of ether oxygens (including phenoxy) is 1. The lowest BCUT2D eigenvalue weighted by atomic mass is 9.86. The normalized spacial score (nSPS) is 23.6. The molecule has 1 aliphatic heterocycles. The van der Waals surface area contributed by atoms with Crippen LogP contribution in [0.15, 0.2) is 0 Å². The maximum Gasteiger partial charge on any atom is 0.0692 e. The maximum absolute atomic E-state index is 5.95. The first-order chi connectivity index (χ1) is 7.76. The van der Waals surface area contributed by atoms with Crippen LogP contribution in [0.25, 0.3) is 0 Å². The van der Waals surface area contributed by atoms with E-state index >= 15 is 0 Å². The van der Waals surface area contributed by atoms with E-state index in [0.29, 0.717) is 6.04 Å². The van der Waals surface area contributed by atoms with E-state index in [4.69, 9.17) is 4.74 Å². The van der Waals surface area contributed by atoms with Gasteiger partial charge in [0.05, 0.1) is 5.60 Å². The van der Waals surface area contributed by atoms with Crippen LogP contribution in [0.5, 0.6) is 0 Å². The molecule has 0 aromatic heterocycles. The third kappa shape index (κ3) is 3.81. The van der Waals surface area contributed by atoms with Crippen LogP contribution in [-0.2, 0) is 4.74 Å². The summed E-state index contributed by atoms with van der Waals surface area (Å²) < 4.78 is 5.95. The fourth-order valence-corrected chi connectivity index (χ4v) is 2.41. The predicted molar refractivity (Wildman–Crippen MR) is 68.4 cm³/mol. The molecule has 0 bridgehead atoms. The van der Waals surface area contributed by atoms with E-state index in [2.05, 4.69) is 31.0 Å². The van der Waals surface area contributed by atoms with Crippen LogP contribution in [0.2, 0.25) is 0 Å². The van der Waals surface area contributed by atoms with Crippen molar-refractivity contribution >= 4 is 0 Å². The topological polar surface area (TPSA) is 21.3 Å². The van der Waals surface area contributed by atoms with Gasteiger partial charge in [0.15, 0.2) is 0 Å². The SMILES string of the molecule is CC#CCCNC1CCOC(CC)(CC)C1. The van der Waals surface area contributed by atoms with Crippen LogP contribution in [0.4, 0.5) is 0 Å². The van der Waals surface area contributed by atoms with Gasteiger partial charge >= 0.3 is 0 Å². The summed E-state index contributed by atoms with van der Waals surface area (Å²) in [5, 5.41) is 3.60. The molecular formula is C14H25NO. The third-order valence-corrected chi connectivity index (χ3v) is 3.64. The second kappa shape index (κ2) is 6.93. The largest absolute Gasteiger partial charge is 0.375 e. The average Bonchev–Trinajstić information content (AvgIpc) is 2.35. The van der Waals surface area contributed by atoms with Crippen molar-refractivity contribution in [1.29, 1.82) is 0 Å². The Balaban J connectivity index is 2.34. The molecule has 1 saturated heterocycles. The molecule has 1 fully saturated rings. The van der Waals surface area contributed by atoms with Gasteiger partial charge in [0.1, 0.15) is 0 Å². The number of nitrogens with one attached hydrogen (secondary N) is 1. The minimum absolute atomic E-state index is 0.131. The van der Waals surface area contributed by atoms with Crippen LogP contribution < -0.4 is 5.32 Å². The Morgan fingerprint density at radius 1 is 1.38 bits per heavy atom. The zero-order chi connectivity index (χ0) is 11.9. The zero-order valence-electron chi connectivity index (χ0n) is 10.9. The lowest BCUT2D eigenvalue weighted by Crippen LogP contribution is -2.46. The first-order valence-electron chi connectivity index (χ1n) is 6.53. The molecule has 0 saturated carbocycles. The smallest absolute Gasteiger partial charge is 0.0692 e. The molecule has 1 rings (SSSR count). The second-order valence-electron chi connectivity index (χ2n) is 4.56. The third-order valence-electron chi connectivity index (χ3n) is 3.64. The summed E-state index contributed by atoms with van der Waals surface area (Å²) in [4.78, 5) is 0. The van der Waals surface area contributed by atoms with Gasteiger partial charge in [-0.3, -0.25) is 0 Å². The van der Waals surface area contributed by atoms with Gasteiger partial charge in [-0.05, 0) is 32.6 Å². The summed E-state index contributed by atoms with van der Waals surface area (Å²) in [6.07, 6.45) is 5.49. The van der Waals surface area contributed by atoms with Gasteiger partial charge in [-0.15, -0.1) is 11.8 Å². The molecule has 0 aromatic carbocycles. The Bertz CT molecular complexity index is 247.